The summed E-state index contributed by atoms with van der Waals surface area (Å²) in [4.78, 5) is 0. The van der Waals surface area contributed by atoms with Gasteiger partial charge in [-0.3, -0.25) is 5.43 Å². The van der Waals surface area contributed by atoms with Crippen molar-refractivity contribution >= 4 is 28.8 Å². The molecule has 1 N–H and O–H groups in total. The Balaban J connectivity index is 2.55. The molecule has 4 heteroatoms. The molecule has 3 nitrogen and oxygen atoms in total. The summed E-state index contributed by atoms with van der Waals surface area (Å²) in [5, 5.41) is 3.83. The van der Waals surface area contributed by atoms with Crippen molar-refractivity contribution in [3.63, 3.8) is 0 Å². The maximum atomic E-state index is 4.96. The van der Waals surface area contributed by atoms with Crippen LogP contribution in [0.4, 0.5) is 0 Å². The Labute approximate surface area is 67.3 Å². The standard InChI is InChI=1S/C5H7IN2O/c1-9-5-2-4(6)3-7-8-5/h2-3,5,8H,1H3. The molecule has 0 aromatic carbocycles. The molecule has 50 valence electrons. The Bertz CT molecular complexity index is 155. The van der Waals surface area contributed by atoms with Crippen LogP contribution in [0.1, 0.15) is 0 Å². The lowest BCUT2D eigenvalue weighted by Crippen LogP contribution is -2.26. The highest BCUT2D eigenvalue weighted by Gasteiger charge is 2.04. The van der Waals surface area contributed by atoms with Gasteiger partial charge in [-0.1, -0.05) is 0 Å². The molecule has 0 aromatic rings. The summed E-state index contributed by atoms with van der Waals surface area (Å²) >= 11 is 2.19. The zero-order valence-electron chi connectivity index (χ0n) is 4.97. The summed E-state index contributed by atoms with van der Waals surface area (Å²) in [6.07, 6.45) is 3.64. The summed E-state index contributed by atoms with van der Waals surface area (Å²) in [7, 11) is 1.64. The number of halogens is 1. The van der Waals surface area contributed by atoms with Gasteiger partial charge in [0.2, 0.25) is 0 Å². The second-order valence-corrected chi connectivity index (χ2v) is 2.84. The summed E-state index contributed by atoms with van der Waals surface area (Å²) in [5.74, 6) is 0. The van der Waals surface area contributed by atoms with Gasteiger partial charge in [0.15, 0.2) is 6.23 Å². The zero-order valence-corrected chi connectivity index (χ0v) is 7.12. The molecule has 9 heavy (non-hydrogen) atoms. The molecule has 0 amide bonds. The Morgan fingerprint density at radius 2 is 2.67 bits per heavy atom. The number of hydrogen-bond donors (Lipinski definition) is 1. The zero-order chi connectivity index (χ0) is 6.69. The molecular weight excluding hydrogens is 231 g/mol. The van der Waals surface area contributed by atoms with Crippen molar-refractivity contribution in [2.45, 2.75) is 6.23 Å². The molecule has 1 heterocycles. The van der Waals surface area contributed by atoms with Gasteiger partial charge in [-0.15, -0.1) is 0 Å². The molecule has 1 atom stereocenters. The Morgan fingerprint density at radius 1 is 1.89 bits per heavy atom. The van der Waals surface area contributed by atoms with Gasteiger partial charge in [0.1, 0.15) is 0 Å². The Kier molecular flexibility index (Phi) is 2.47. The quantitative estimate of drug-likeness (QED) is 0.687. The van der Waals surface area contributed by atoms with Crippen LogP contribution in [-0.4, -0.2) is 19.6 Å². The first-order valence-electron chi connectivity index (χ1n) is 2.51. The lowest BCUT2D eigenvalue weighted by molar-refractivity contribution is 0.113. The molecule has 0 saturated heterocycles. The van der Waals surface area contributed by atoms with Gasteiger partial charge in [0.25, 0.3) is 0 Å². The predicted molar refractivity (Wildman–Crippen MR) is 44.5 cm³/mol. The van der Waals surface area contributed by atoms with Crippen LogP contribution < -0.4 is 5.43 Å². The predicted octanol–water partition coefficient (Wildman–Crippen LogP) is 0.867. The van der Waals surface area contributed by atoms with E-state index in [9.17, 15) is 0 Å². The van der Waals surface area contributed by atoms with E-state index in [1.807, 2.05) is 6.08 Å². The van der Waals surface area contributed by atoms with Crippen LogP contribution in [0.25, 0.3) is 0 Å². The van der Waals surface area contributed by atoms with Crippen molar-refractivity contribution in [3.8, 4) is 0 Å². The molecule has 1 aliphatic rings. The monoisotopic (exact) mass is 238 g/mol. The van der Waals surface area contributed by atoms with Crippen LogP contribution in [-0.2, 0) is 4.74 Å². The van der Waals surface area contributed by atoms with E-state index >= 15 is 0 Å². The van der Waals surface area contributed by atoms with Crippen molar-refractivity contribution in [2.24, 2.45) is 5.10 Å². The molecule has 1 aliphatic heterocycles. The average molecular weight is 238 g/mol. The van der Waals surface area contributed by atoms with Crippen LogP contribution in [0.2, 0.25) is 0 Å². The van der Waals surface area contributed by atoms with E-state index in [2.05, 4.69) is 33.1 Å². The second-order valence-electron chi connectivity index (χ2n) is 1.60. The number of hydrazone groups is 1. The minimum atomic E-state index is -0.0538. The third-order valence-corrected chi connectivity index (χ3v) is 1.59. The average Bonchev–Trinajstić information content (AvgIpc) is 1.88. The highest BCUT2D eigenvalue weighted by atomic mass is 127. The van der Waals surface area contributed by atoms with E-state index in [0.29, 0.717) is 0 Å². The minimum absolute atomic E-state index is 0.0538. The Hall–Kier alpha value is -0.100. The molecule has 0 saturated carbocycles. The highest BCUT2D eigenvalue weighted by molar-refractivity contribution is 14.1. The fraction of sp³-hybridized carbons (Fsp3) is 0.400. The van der Waals surface area contributed by atoms with Gasteiger partial charge in [-0.2, -0.15) is 5.10 Å². The van der Waals surface area contributed by atoms with Crippen LogP contribution in [0, 0.1) is 0 Å². The Morgan fingerprint density at radius 3 is 3.11 bits per heavy atom. The number of nitrogens with one attached hydrogen (secondary N) is 1. The van der Waals surface area contributed by atoms with E-state index in [-0.39, 0.29) is 6.23 Å². The van der Waals surface area contributed by atoms with Crippen LogP contribution in [0.15, 0.2) is 14.8 Å². The van der Waals surface area contributed by atoms with Crippen molar-refractivity contribution in [1.82, 2.24) is 5.43 Å². The van der Waals surface area contributed by atoms with Gasteiger partial charge < -0.3 is 4.74 Å². The lowest BCUT2D eigenvalue weighted by atomic mass is 10.4. The van der Waals surface area contributed by atoms with Crippen molar-refractivity contribution < 1.29 is 4.74 Å². The van der Waals surface area contributed by atoms with Gasteiger partial charge in [0, 0.05) is 10.7 Å². The van der Waals surface area contributed by atoms with Crippen LogP contribution >= 0.6 is 22.6 Å². The van der Waals surface area contributed by atoms with Gasteiger partial charge >= 0.3 is 0 Å². The molecule has 0 aromatic heterocycles. The van der Waals surface area contributed by atoms with E-state index in [1.54, 1.807) is 13.3 Å². The molecule has 0 bridgehead atoms. The summed E-state index contributed by atoms with van der Waals surface area (Å²) < 4.78 is 6.05. The second kappa shape index (κ2) is 3.17. The van der Waals surface area contributed by atoms with Gasteiger partial charge in [-0.05, 0) is 28.7 Å². The van der Waals surface area contributed by atoms with Crippen molar-refractivity contribution in [3.05, 3.63) is 9.66 Å². The van der Waals surface area contributed by atoms with Crippen LogP contribution in [0.3, 0.4) is 0 Å². The molecule has 0 fully saturated rings. The topological polar surface area (TPSA) is 33.6 Å². The maximum Gasteiger partial charge on any atom is 0.162 e. The van der Waals surface area contributed by atoms with Crippen LogP contribution in [0.5, 0.6) is 0 Å². The first kappa shape index (κ1) is 7.01. The van der Waals surface area contributed by atoms with E-state index in [0.717, 1.165) is 3.58 Å². The molecular formula is C5H7IN2O. The van der Waals surface area contributed by atoms with Crippen molar-refractivity contribution in [1.29, 1.82) is 0 Å². The number of nitrogens with zero attached hydrogens (tertiary/aromatic N) is 1. The minimum Gasteiger partial charge on any atom is -0.357 e. The first-order valence-corrected chi connectivity index (χ1v) is 3.59. The molecule has 0 radical (unpaired) electrons. The lowest BCUT2D eigenvalue weighted by Gasteiger charge is -2.13. The third kappa shape index (κ3) is 1.94. The van der Waals surface area contributed by atoms with E-state index in [4.69, 9.17) is 4.74 Å². The number of ether oxygens (including phenoxy) is 1. The van der Waals surface area contributed by atoms with E-state index in [1.165, 1.54) is 0 Å². The number of methoxy groups -OCH3 is 1. The number of allylic oxidation sites excluding steroid dienone is 1. The normalized spacial score (nSPS) is 25.1. The maximum absolute atomic E-state index is 4.96. The first-order chi connectivity index (χ1) is 4.33. The van der Waals surface area contributed by atoms with Gasteiger partial charge in [-0.25, -0.2) is 0 Å². The summed E-state index contributed by atoms with van der Waals surface area (Å²) in [6, 6.07) is 0. The van der Waals surface area contributed by atoms with Crippen molar-refractivity contribution in [2.75, 3.05) is 7.11 Å². The number of hydrogen-bond acceptors (Lipinski definition) is 3. The largest absolute Gasteiger partial charge is 0.357 e. The summed E-state index contributed by atoms with van der Waals surface area (Å²) in [5.41, 5.74) is 2.77. The van der Waals surface area contributed by atoms with E-state index < -0.39 is 0 Å². The highest BCUT2D eigenvalue weighted by Crippen LogP contribution is 2.07. The molecule has 0 spiro atoms. The summed E-state index contributed by atoms with van der Waals surface area (Å²) in [6.45, 7) is 0. The SMILES string of the molecule is COC1C=C(I)C=NN1. The van der Waals surface area contributed by atoms with Gasteiger partial charge in [0.05, 0.1) is 6.21 Å². The fourth-order valence-corrected chi connectivity index (χ4v) is 0.984. The molecule has 0 aliphatic carbocycles. The third-order valence-electron chi connectivity index (χ3n) is 0.954. The molecule has 1 unspecified atom stereocenters. The number of rotatable bonds is 1. The fourth-order valence-electron chi connectivity index (χ4n) is 0.518. The smallest absolute Gasteiger partial charge is 0.162 e. The molecule has 1 rings (SSSR count).